The standard InChI is InChI=1S/C19H24N4O7S/c1-23-14(19(25)28-2)12-17(22-23)21-18(24)5-3-8-20-31(26,27)13-6-7-15-16(11-13)30-10-4-9-29-15/h6-7,11-12,20H,3-5,8-10H2,1-2H3,(H,21,22,24). The number of sulfonamides is 1. The van der Waals surface area contributed by atoms with Gasteiger partial charge in [-0.25, -0.2) is 17.9 Å². The summed E-state index contributed by atoms with van der Waals surface area (Å²) < 4.78 is 44.4. The molecule has 0 spiro atoms. The van der Waals surface area contributed by atoms with Gasteiger partial charge in [0, 0.05) is 38.6 Å². The summed E-state index contributed by atoms with van der Waals surface area (Å²) >= 11 is 0. The van der Waals surface area contributed by atoms with Crippen molar-refractivity contribution in [2.45, 2.75) is 24.2 Å². The van der Waals surface area contributed by atoms with Crippen molar-refractivity contribution >= 4 is 27.7 Å². The van der Waals surface area contributed by atoms with E-state index in [9.17, 15) is 18.0 Å². The molecular weight excluding hydrogens is 428 g/mol. The third kappa shape index (κ3) is 5.73. The van der Waals surface area contributed by atoms with Crippen molar-refractivity contribution in [1.82, 2.24) is 14.5 Å². The first-order chi connectivity index (χ1) is 14.8. The Kier molecular flexibility index (Phi) is 7.13. The highest BCUT2D eigenvalue weighted by Gasteiger charge is 2.19. The summed E-state index contributed by atoms with van der Waals surface area (Å²) in [5.74, 6) is 0.184. The van der Waals surface area contributed by atoms with Crippen LogP contribution >= 0.6 is 0 Å². The predicted molar refractivity (Wildman–Crippen MR) is 110 cm³/mol. The molecule has 11 nitrogen and oxygen atoms in total. The van der Waals surface area contributed by atoms with Gasteiger partial charge in [-0.1, -0.05) is 0 Å². The Morgan fingerprint density at radius 2 is 1.94 bits per heavy atom. The van der Waals surface area contributed by atoms with E-state index in [2.05, 4.69) is 19.9 Å². The summed E-state index contributed by atoms with van der Waals surface area (Å²) in [5.41, 5.74) is 0.195. The van der Waals surface area contributed by atoms with Crippen LogP contribution in [0.15, 0.2) is 29.2 Å². The highest BCUT2D eigenvalue weighted by Crippen LogP contribution is 2.31. The average molecular weight is 452 g/mol. The van der Waals surface area contributed by atoms with E-state index < -0.39 is 16.0 Å². The number of fused-ring (bicyclic) bond motifs is 1. The lowest BCUT2D eigenvalue weighted by Gasteiger charge is -2.11. The monoisotopic (exact) mass is 452 g/mol. The van der Waals surface area contributed by atoms with E-state index >= 15 is 0 Å². The van der Waals surface area contributed by atoms with Gasteiger partial charge < -0.3 is 19.5 Å². The number of esters is 1. The molecule has 3 rings (SSSR count). The molecule has 12 heteroatoms. The maximum absolute atomic E-state index is 12.5. The number of anilines is 1. The Labute approximate surface area is 179 Å². The lowest BCUT2D eigenvalue weighted by Crippen LogP contribution is -2.26. The van der Waals surface area contributed by atoms with Crippen molar-refractivity contribution < 1.29 is 32.2 Å². The number of amides is 1. The van der Waals surface area contributed by atoms with Gasteiger partial charge in [0.25, 0.3) is 0 Å². The van der Waals surface area contributed by atoms with E-state index in [4.69, 9.17) is 9.47 Å². The zero-order valence-corrected chi connectivity index (χ0v) is 18.0. The van der Waals surface area contributed by atoms with Crippen LogP contribution in [0.2, 0.25) is 0 Å². The molecule has 2 N–H and O–H groups in total. The third-order valence-electron chi connectivity index (χ3n) is 4.44. The Balaban J connectivity index is 1.49. The first kappa shape index (κ1) is 22.6. The minimum Gasteiger partial charge on any atom is -0.490 e. The largest absolute Gasteiger partial charge is 0.490 e. The van der Waals surface area contributed by atoms with Crippen molar-refractivity contribution in [2.24, 2.45) is 7.05 Å². The van der Waals surface area contributed by atoms with Crippen molar-refractivity contribution in [3.8, 4) is 11.5 Å². The van der Waals surface area contributed by atoms with Gasteiger partial charge in [0.15, 0.2) is 17.3 Å². The van der Waals surface area contributed by atoms with Gasteiger partial charge in [0.1, 0.15) is 5.69 Å². The first-order valence-electron chi connectivity index (χ1n) is 9.61. The Morgan fingerprint density at radius 3 is 2.68 bits per heavy atom. The topological polar surface area (TPSA) is 138 Å². The van der Waals surface area contributed by atoms with Crippen LogP contribution in [0.5, 0.6) is 11.5 Å². The normalized spacial score (nSPS) is 13.4. The number of nitrogens with one attached hydrogen (secondary N) is 2. The lowest BCUT2D eigenvalue weighted by molar-refractivity contribution is -0.116. The fourth-order valence-electron chi connectivity index (χ4n) is 2.88. The zero-order chi connectivity index (χ0) is 22.4. The fourth-order valence-corrected chi connectivity index (χ4v) is 3.97. The molecule has 0 aliphatic carbocycles. The van der Waals surface area contributed by atoms with Crippen LogP contribution in [0.4, 0.5) is 5.82 Å². The number of aryl methyl sites for hydroxylation is 1. The van der Waals surface area contributed by atoms with Gasteiger partial charge in [-0.05, 0) is 18.6 Å². The van der Waals surface area contributed by atoms with Crippen molar-refractivity contribution in [2.75, 3.05) is 32.2 Å². The second kappa shape index (κ2) is 9.79. The van der Waals surface area contributed by atoms with Gasteiger partial charge in [-0.15, -0.1) is 0 Å². The van der Waals surface area contributed by atoms with Gasteiger partial charge in [-0.2, -0.15) is 5.10 Å². The molecule has 1 aromatic carbocycles. The van der Waals surface area contributed by atoms with Crippen LogP contribution in [0, 0.1) is 0 Å². The number of benzene rings is 1. The number of hydrogen-bond acceptors (Lipinski definition) is 8. The fraction of sp³-hybridized carbons (Fsp3) is 0.421. The number of hydrogen-bond donors (Lipinski definition) is 2. The van der Waals surface area contributed by atoms with Crippen LogP contribution < -0.4 is 19.5 Å². The SMILES string of the molecule is COC(=O)c1cc(NC(=O)CCCNS(=O)(=O)c2ccc3c(c2)OCCCO3)nn1C. The van der Waals surface area contributed by atoms with Crippen molar-refractivity contribution in [1.29, 1.82) is 0 Å². The zero-order valence-electron chi connectivity index (χ0n) is 17.2. The minimum atomic E-state index is -3.76. The first-order valence-corrected chi connectivity index (χ1v) is 11.1. The smallest absolute Gasteiger partial charge is 0.356 e. The Morgan fingerprint density at radius 1 is 1.19 bits per heavy atom. The minimum absolute atomic E-state index is 0.0602. The molecule has 0 atom stereocenters. The molecule has 0 saturated carbocycles. The molecule has 0 unspecified atom stereocenters. The quantitative estimate of drug-likeness (QED) is 0.448. The van der Waals surface area contributed by atoms with Gasteiger partial charge in [0.2, 0.25) is 15.9 Å². The van der Waals surface area contributed by atoms with Crippen LogP contribution in [0.3, 0.4) is 0 Å². The summed E-state index contributed by atoms with van der Waals surface area (Å²) in [5, 5.41) is 6.58. The number of carbonyl (C=O) groups is 2. The molecule has 1 amide bonds. The second-order valence-electron chi connectivity index (χ2n) is 6.74. The van der Waals surface area contributed by atoms with E-state index in [-0.39, 0.29) is 41.7 Å². The highest BCUT2D eigenvalue weighted by atomic mass is 32.2. The lowest BCUT2D eigenvalue weighted by atomic mass is 10.3. The molecule has 2 aromatic rings. The number of rotatable bonds is 8. The molecule has 2 heterocycles. The average Bonchev–Trinajstić information content (AvgIpc) is 2.95. The number of nitrogens with zero attached hydrogens (tertiary/aromatic N) is 2. The second-order valence-corrected chi connectivity index (χ2v) is 8.51. The number of aromatic nitrogens is 2. The molecule has 0 fully saturated rings. The maximum Gasteiger partial charge on any atom is 0.356 e. The van der Waals surface area contributed by atoms with Crippen LogP contribution in [-0.4, -0.2) is 56.9 Å². The number of methoxy groups -OCH3 is 1. The summed E-state index contributed by atoms with van der Waals surface area (Å²) in [7, 11) is -0.959. The van der Waals surface area contributed by atoms with Crippen LogP contribution in [0.1, 0.15) is 29.8 Å². The molecule has 0 radical (unpaired) electrons. The molecule has 1 aliphatic heterocycles. The van der Waals surface area contributed by atoms with E-state index in [0.717, 1.165) is 6.42 Å². The van der Waals surface area contributed by atoms with Gasteiger partial charge in [-0.3, -0.25) is 9.48 Å². The van der Waals surface area contributed by atoms with E-state index in [1.54, 1.807) is 13.1 Å². The summed E-state index contributed by atoms with van der Waals surface area (Å²) in [6.07, 6.45) is 1.06. The predicted octanol–water partition coefficient (Wildman–Crippen LogP) is 1.07. The maximum atomic E-state index is 12.5. The van der Waals surface area contributed by atoms with E-state index in [1.165, 1.54) is 30.0 Å². The van der Waals surface area contributed by atoms with Crippen molar-refractivity contribution in [3.05, 3.63) is 30.0 Å². The van der Waals surface area contributed by atoms with E-state index in [0.29, 0.717) is 24.7 Å². The van der Waals surface area contributed by atoms with Crippen molar-refractivity contribution in [3.63, 3.8) is 0 Å². The van der Waals surface area contributed by atoms with E-state index in [1.807, 2.05) is 0 Å². The molecule has 31 heavy (non-hydrogen) atoms. The molecule has 168 valence electrons. The number of carbonyl (C=O) groups excluding carboxylic acids is 2. The third-order valence-corrected chi connectivity index (χ3v) is 5.90. The van der Waals surface area contributed by atoms with Crippen LogP contribution in [0.25, 0.3) is 0 Å². The Bertz CT molecular complexity index is 1070. The van der Waals surface area contributed by atoms with Crippen LogP contribution in [-0.2, 0) is 26.6 Å². The Hall–Kier alpha value is -3.12. The molecule has 0 saturated heterocycles. The molecule has 1 aromatic heterocycles. The van der Waals surface area contributed by atoms with Gasteiger partial charge >= 0.3 is 5.97 Å². The highest BCUT2D eigenvalue weighted by molar-refractivity contribution is 7.89. The van der Waals surface area contributed by atoms with Gasteiger partial charge in [0.05, 0.1) is 25.2 Å². The molecule has 0 bridgehead atoms. The number of ether oxygens (including phenoxy) is 3. The summed E-state index contributed by atoms with van der Waals surface area (Å²) in [4.78, 5) is 23.7. The summed E-state index contributed by atoms with van der Waals surface area (Å²) in [6, 6.07) is 5.84. The summed E-state index contributed by atoms with van der Waals surface area (Å²) in [6.45, 7) is 1.04. The molecular formula is C19H24N4O7S. The molecule has 1 aliphatic rings.